The fraction of sp³-hybridized carbons (Fsp3) is 0.667. The molecular formula is C24H33NO7. The molecule has 3 aliphatic heterocycles. The van der Waals surface area contributed by atoms with E-state index in [4.69, 9.17) is 18.9 Å². The molecule has 1 aromatic rings. The number of hydrogen-bond acceptors (Lipinski definition) is 8. The van der Waals surface area contributed by atoms with E-state index in [-0.39, 0.29) is 25.7 Å². The van der Waals surface area contributed by atoms with Crippen LogP contribution in [0.2, 0.25) is 0 Å². The van der Waals surface area contributed by atoms with E-state index in [2.05, 4.69) is 11.8 Å². The maximum Gasteiger partial charge on any atom is 0.339 e. The minimum absolute atomic E-state index is 0.173. The van der Waals surface area contributed by atoms with Crippen LogP contribution in [0.4, 0.5) is 0 Å². The van der Waals surface area contributed by atoms with Gasteiger partial charge in [-0.3, -0.25) is 9.69 Å². The number of ether oxygens (including phenoxy) is 4. The first-order valence-corrected chi connectivity index (χ1v) is 11.7. The summed E-state index contributed by atoms with van der Waals surface area (Å²) in [5.74, 6) is -0.770. The van der Waals surface area contributed by atoms with Crippen LogP contribution in [0.5, 0.6) is 0 Å². The predicted molar refractivity (Wildman–Crippen MR) is 115 cm³/mol. The Kier molecular flexibility index (Phi) is 7.78. The fourth-order valence-electron chi connectivity index (χ4n) is 4.70. The van der Waals surface area contributed by atoms with Gasteiger partial charge in [-0.1, -0.05) is 31.5 Å². The molecule has 8 heteroatoms. The third-order valence-corrected chi connectivity index (χ3v) is 6.41. The van der Waals surface area contributed by atoms with Crippen molar-refractivity contribution >= 4 is 11.9 Å². The van der Waals surface area contributed by atoms with E-state index in [9.17, 15) is 14.7 Å². The fourth-order valence-corrected chi connectivity index (χ4v) is 4.70. The zero-order valence-corrected chi connectivity index (χ0v) is 18.6. The lowest BCUT2D eigenvalue weighted by Gasteiger charge is -2.23. The Morgan fingerprint density at radius 3 is 2.69 bits per heavy atom. The highest BCUT2D eigenvalue weighted by atomic mass is 16.6. The number of nitrogens with zero attached hydrogens (tertiary/aromatic N) is 1. The largest absolute Gasteiger partial charge is 0.457 e. The minimum Gasteiger partial charge on any atom is -0.457 e. The second kappa shape index (κ2) is 10.7. The zero-order chi connectivity index (χ0) is 22.5. The lowest BCUT2D eigenvalue weighted by Crippen LogP contribution is -2.34. The smallest absolute Gasteiger partial charge is 0.339 e. The van der Waals surface area contributed by atoms with Gasteiger partial charge in [0.1, 0.15) is 24.4 Å². The van der Waals surface area contributed by atoms with E-state index >= 15 is 0 Å². The summed E-state index contributed by atoms with van der Waals surface area (Å²) in [7, 11) is 0. The highest BCUT2D eigenvalue weighted by molar-refractivity contribution is 5.91. The van der Waals surface area contributed by atoms with Crippen LogP contribution in [-0.4, -0.2) is 79.2 Å². The molecule has 0 spiro atoms. The molecule has 2 unspecified atom stereocenters. The molecule has 3 aliphatic rings. The van der Waals surface area contributed by atoms with E-state index < -0.39 is 36.5 Å². The first kappa shape index (κ1) is 23.2. The minimum atomic E-state index is -0.704. The second-order valence-electron chi connectivity index (χ2n) is 8.80. The number of carbonyl (C=O) groups is 2. The van der Waals surface area contributed by atoms with Gasteiger partial charge in [0.2, 0.25) is 0 Å². The zero-order valence-electron chi connectivity index (χ0n) is 18.6. The van der Waals surface area contributed by atoms with Crippen LogP contribution in [0.3, 0.4) is 0 Å². The number of likely N-dealkylation sites (tertiary alicyclic amines) is 1. The first-order valence-electron chi connectivity index (χ1n) is 11.7. The molecule has 32 heavy (non-hydrogen) atoms. The van der Waals surface area contributed by atoms with Crippen LogP contribution in [0.25, 0.3) is 0 Å². The van der Waals surface area contributed by atoms with Crippen molar-refractivity contribution in [2.24, 2.45) is 0 Å². The summed E-state index contributed by atoms with van der Waals surface area (Å²) in [6.45, 7) is 4.55. The van der Waals surface area contributed by atoms with Gasteiger partial charge in [-0.25, -0.2) is 4.79 Å². The molecule has 0 bridgehead atoms. The molecule has 176 valence electrons. The van der Waals surface area contributed by atoms with E-state index in [0.29, 0.717) is 17.5 Å². The Balaban J connectivity index is 1.46. The van der Waals surface area contributed by atoms with Crippen molar-refractivity contribution < 1.29 is 33.6 Å². The summed E-state index contributed by atoms with van der Waals surface area (Å²) in [6.07, 6.45) is 1.95. The van der Waals surface area contributed by atoms with E-state index in [1.165, 1.54) is 0 Å². The number of hydrogen-bond donors (Lipinski definition) is 1. The maximum atomic E-state index is 13.1. The molecule has 3 saturated heterocycles. The Hall–Kier alpha value is -2.00. The van der Waals surface area contributed by atoms with Crippen molar-refractivity contribution in [1.29, 1.82) is 0 Å². The van der Waals surface area contributed by atoms with E-state index in [1.807, 2.05) is 12.1 Å². The molecule has 5 atom stereocenters. The molecule has 0 aliphatic carbocycles. The van der Waals surface area contributed by atoms with Crippen molar-refractivity contribution in [1.82, 2.24) is 4.90 Å². The molecule has 0 saturated carbocycles. The topological polar surface area (TPSA) is 94.5 Å². The lowest BCUT2D eigenvalue weighted by atomic mass is 9.98. The third-order valence-electron chi connectivity index (χ3n) is 6.41. The quantitative estimate of drug-likeness (QED) is 0.576. The molecule has 1 N–H and O–H groups in total. The Labute approximate surface area is 188 Å². The van der Waals surface area contributed by atoms with Crippen LogP contribution in [0, 0.1) is 0 Å². The van der Waals surface area contributed by atoms with Crippen LogP contribution in [0.15, 0.2) is 24.3 Å². The van der Waals surface area contributed by atoms with Gasteiger partial charge in [0.15, 0.2) is 6.10 Å². The maximum absolute atomic E-state index is 13.1. The molecular weight excluding hydrogens is 414 g/mol. The van der Waals surface area contributed by atoms with Crippen LogP contribution in [-0.2, 0) is 23.7 Å². The lowest BCUT2D eigenvalue weighted by molar-refractivity contribution is -0.151. The first-order chi connectivity index (χ1) is 15.6. The summed E-state index contributed by atoms with van der Waals surface area (Å²) in [4.78, 5) is 27.8. The summed E-state index contributed by atoms with van der Waals surface area (Å²) in [5, 5.41) is 9.91. The van der Waals surface area contributed by atoms with Gasteiger partial charge in [-0.15, -0.1) is 0 Å². The number of aliphatic hydroxyl groups is 1. The second-order valence-corrected chi connectivity index (χ2v) is 8.80. The molecule has 3 heterocycles. The number of fused-ring (bicyclic) bond motifs is 1. The normalized spacial score (nSPS) is 28.4. The van der Waals surface area contributed by atoms with E-state index in [1.54, 1.807) is 12.1 Å². The highest BCUT2D eigenvalue weighted by Gasteiger charge is 2.49. The molecule has 1 aromatic carbocycles. The molecule has 8 nitrogen and oxygen atoms in total. The van der Waals surface area contributed by atoms with Crippen molar-refractivity contribution in [2.75, 3.05) is 32.8 Å². The average molecular weight is 448 g/mol. The van der Waals surface area contributed by atoms with Gasteiger partial charge >= 0.3 is 11.9 Å². The number of aliphatic hydroxyl groups excluding tert-OH is 1. The van der Waals surface area contributed by atoms with Crippen LogP contribution in [0.1, 0.15) is 61.1 Å². The van der Waals surface area contributed by atoms with Crippen molar-refractivity contribution in [3.63, 3.8) is 0 Å². The molecule has 0 aromatic heterocycles. The van der Waals surface area contributed by atoms with Gasteiger partial charge in [0, 0.05) is 5.56 Å². The Bertz CT molecular complexity index is 794. The highest BCUT2D eigenvalue weighted by Crippen LogP contribution is 2.31. The summed E-state index contributed by atoms with van der Waals surface area (Å²) in [5.41, 5.74) is 1.04. The van der Waals surface area contributed by atoms with Gasteiger partial charge < -0.3 is 24.1 Å². The van der Waals surface area contributed by atoms with Crippen molar-refractivity contribution in [3.05, 3.63) is 35.4 Å². The van der Waals surface area contributed by atoms with Crippen molar-refractivity contribution in [2.45, 2.75) is 69.5 Å². The predicted octanol–water partition coefficient (Wildman–Crippen LogP) is 2.24. The van der Waals surface area contributed by atoms with E-state index in [0.717, 1.165) is 38.8 Å². The Morgan fingerprint density at radius 1 is 1.16 bits per heavy atom. The molecule has 0 radical (unpaired) electrons. The van der Waals surface area contributed by atoms with Crippen LogP contribution >= 0.6 is 0 Å². The van der Waals surface area contributed by atoms with Crippen molar-refractivity contribution in [3.8, 4) is 0 Å². The van der Waals surface area contributed by atoms with Gasteiger partial charge in [-0.2, -0.15) is 0 Å². The summed E-state index contributed by atoms with van der Waals surface area (Å²) in [6, 6.07) is 7.13. The molecule has 4 rings (SSSR count). The molecule has 3 fully saturated rings. The summed E-state index contributed by atoms with van der Waals surface area (Å²) < 4.78 is 22.7. The third kappa shape index (κ3) is 5.31. The number of unbranched alkanes of at least 4 members (excludes halogenated alkanes) is 1. The molecule has 0 amide bonds. The summed E-state index contributed by atoms with van der Waals surface area (Å²) >= 11 is 0. The number of rotatable bonds is 9. The number of benzene rings is 1. The Morgan fingerprint density at radius 2 is 1.91 bits per heavy atom. The number of carbonyl (C=O) groups excluding carboxylic acids is 2. The van der Waals surface area contributed by atoms with Crippen LogP contribution < -0.4 is 0 Å². The van der Waals surface area contributed by atoms with Gasteiger partial charge in [0.05, 0.1) is 25.3 Å². The SMILES string of the molecule is CCCCC(OC(=O)CN1CCCC1)c1ccccc1C(=O)OC1CO[C@@H]2[C@H](O)CO[C@H]12. The monoisotopic (exact) mass is 447 g/mol. The average Bonchev–Trinajstić information content (AvgIpc) is 3.52. The number of esters is 2. The van der Waals surface area contributed by atoms with Gasteiger partial charge in [-0.05, 0) is 44.8 Å². The standard InChI is InChI=1S/C24H33NO7/c1-2-3-10-19(31-21(27)13-25-11-6-7-12-25)16-8-4-5-9-17(16)24(28)32-20-15-30-22-18(26)14-29-23(20)22/h4-5,8-9,18-20,22-23,26H,2-3,6-7,10-15H2,1H3/t18-,19?,20?,22-,23-/m1/s1. The van der Waals surface area contributed by atoms with Gasteiger partial charge in [0.25, 0.3) is 0 Å².